The molecular weight excluding hydrogens is 254 g/mol. The Morgan fingerprint density at radius 3 is 2.95 bits per heavy atom. The summed E-state index contributed by atoms with van der Waals surface area (Å²) in [6.07, 6.45) is 8.28. The van der Waals surface area contributed by atoms with Gasteiger partial charge in [0, 0.05) is 18.4 Å². The molecule has 1 fully saturated rings. The highest BCUT2D eigenvalue weighted by molar-refractivity contribution is 6.04. The zero-order valence-electron chi connectivity index (χ0n) is 11.8. The molecule has 0 aromatic carbocycles. The highest BCUT2D eigenvalue weighted by Gasteiger charge is 2.38. The molecule has 0 aliphatic carbocycles. The predicted molar refractivity (Wildman–Crippen MR) is 79.3 cm³/mol. The molecule has 2 N–H and O–H groups in total. The van der Waals surface area contributed by atoms with Crippen molar-refractivity contribution < 1.29 is 9.53 Å². The number of nitrogens with one attached hydrogen (secondary N) is 2. The quantitative estimate of drug-likeness (QED) is 0.806. The van der Waals surface area contributed by atoms with Crippen molar-refractivity contribution in [2.24, 2.45) is 4.99 Å². The van der Waals surface area contributed by atoms with Gasteiger partial charge in [-0.3, -0.25) is 10.1 Å². The minimum atomic E-state index is -0.824. The molecule has 1 aliphatic rings. The first-order valence-corrected chi connectivity index (χ1v) is 6.52. The first-order chi connectivity index (χ1) is 9.51. The van der Waals surface area contributed by atoms with Crippen LogP contribution in [0.15, 0.2) is 36.0 Å². The van der Waals surface area contributed by atoms with E-state index in [9.17, 15) is 4.79 Å². The van der Waals surface area contributed by atoms with Crippen molar-refractivity contribution in [2.75, 3.05) is 6.54 Å². The van der Waals surface area contributed by atoms with Crippen LogP contribution in [0.4, 0.5) is 0 Å². The highest BCUT2D eigenvalue weighted by atomic mass is 16.5. The van der Waals surface area contributed by atoms with Crippen molar-refractivity contribution in [3.63, 3.8) is 0 Å². The first kappa shape index (κ1) is 14.1. The van der Waals surface area contributed by atoms with Crippen LogP contribution in [0.1, 0.15) is 25.1 Å². The summed E-state index contributed by atoms with van der Waals surface area (Å²) in [5, 5.41) is 2.62. The molecule has 2 rings (SSSR count). The number of amides is 1. The summed E-state index contributed by atoms with van der Waals surface area (Å²) < 4.78 is 5.42. The number of ether oxygens (including phenoxy) is 1. The zero-order chi connectivity index (χ0) is 14.6. The van der Waals surface area contributed by atoms with Gasteiger partial charge in [0.25, 0.3) is 11.9 Å². The van der Waals surface area contributed by atoms with Crippen LogP contribution < -0.4 is 5.32 Å². The number of amidine groups is 1. The van der Waals surface area contributed by atoms with E-state index in [0.717, 1.165) is 17.7 Å². The average Bonchev–Trinajstić information content (AvgIpc) is 2.93. The van der Waals surface area contributed by atoms with Gasteiger partial charge in [0.2, 0.25) is 0 Å². The SMILES string of the molecule is C=CC=Cc1cc(CCN=C2NC(=O)C(C)(C)O2)c[nH]1. The molecule has 1 amide bonds. The second-order valence-corrected chi connectivity index (χ2v) is 5.06. The van der Waals surface area contributed by atoms with Gasteiger partial charge in [-0.05, 0) is 38.0 Å². The smallest absolute Gasteiger partial charge is 0.292 e. The predicted octanol–water partition coefficient (Wildman–Crippen LogP) is 2.04. The number of hydrogen-bond donors (Lipinski definition) is 2. The summed E-state index contributed by atoms with van der Waals surface area (Å²) in [6.45, 7) is 7.63. The number of carbonyl (C=O) groups excluding carboxylic acids is 1. The van der Waals surface area contributed by atoms with Crippen LogP contribution in [0.2, 0.25) is 0 Å². The van der Waals surface area contributed by atoms with E-state index in [2.05, 4.69) is 27.9 Å². The second-order valence-electron chi connectivity index (χ2n) is 5.06. The van der Waals surface area contributed by atoms with Gasteiger partial charge in [-0.1, -0.05) is 18.7 Å². The summed E-state index contributed by atoms with van der Waals surface area (Å²) in [5.74, 6) is -0.158. The fourth-order valence-electron chi connectivity index (χ4n) is 1.79. The van der Waals surface area contributed by atoms with Crippen molar-refractivity contribution >= 4 is 18.0 Å². The number of nitrogens with zero attached hydrogens (tertiary/aromatic N) is 1. The number of hydrogen-bond acceptors (Lipinski definition) is 3. The maximum atomic E-state index is 11.5. The van der Waals surface area contributed by atoms with Crippen LogP contribution in [0.3, 0.4) is 0 Å². The van der Waals surface area contributed by atoms with Gasteiger partial charge in [-0.2, -0.15) is 0 Å². The number of H-pyrrole nitrogens is 1. The molecule has 0 spiro atoms. The Balaban J connectivity index is 1.87. The molecule has 5 nitrogen and oxygen atoms in total. The Kier molecular flexibility index (Phi) is 4.08. The molecule has 5 heteroatoms. The fourth-order valence-corrected chi connectivity index (χ4v) is 1.79. The largest absolute Gasteiger partial charge is 0.449 e. The topological polar surface area (TPSA) is 66.5 Å². The number of rotatable bonds is 5. The van der Waals surface area contributed by atoms with Crippen LogP contribution >= 0.6 is 0 Å². The monoisotopic (exact) mass is 273 g/mol. The van der Waals surface area contributed by atoms with Crippen molar-refractivity contribution in [1.29, 1.82) is 0 Å². The summed E-state index contributed by atoms with van der Waals surface area (Å²) >= 11 is 0. The second kappa shape index (κ2) is 5.77. The Morgan fingerprint density at radius 1 is 1.50 bits per heavy atom. The number of aromatic amines is 1. The van der Waals surface area contributed by atoms with Crippen LogP contribution in [0, 0.1) is 0 Å². The third-order valence-electron chi connectivity index (χ3n) is 2.95. The molecule has 1 aliphatic heterocycles. The average molecular weight is 273 g/mol. The Bertz CT molecular complexity index is 567. The van der Waals surface area contributed by atoms with Crippen LogP contribution in [0.5, 0.6) is 0 Å². The standard InChI is InChI=1S/C15H19N3O2/c1-4-5-6-12-9-11(10-17-12)7-8-16-14-18-13(19)15(2,3)20-14/h4-6,9-10,17H,1,7-8H2,2-3H3,(H,16,18,19). The first-order valence-electron chi connectivity index (χ1n) is 6.52. The van der Waals surface area contributed by atoms with Gasteiger partial charge in [-0.25, -0.2) is 4.99 Å². The van der Waals surface area contributed by atoms with Crippen molar-refractivity contribution in [2.45, 2.75) is 25.9 Å². The van der Waals surface area contributed by atoms with Gasteiger partial charge < -0.3 is 9.72 Å². The molecule has 1 aromatic heterocycles. The molecule has 20 heavy (non-hydrogen) atoms. The number of aliphatic imine (C=N–C) groups is 1. The van der Waals surface area contributed by atoms with E-state index in [1.54, 1.807) is 19.9 Å². The molecule has 106 valence electrons. The van der Waals surface area contributed by atoms with Gasteiger partial charge in [0.1, 0.15) is 0 Å². The van der Waals surface area contributed by atoms with E-state index in [-0.39, 0.29) is 5.91 Å². The van der Waals surface area contributed by atoms with Gasteiger partial charge in [0.15, 0.2) is 5.60 Å². The van der Waals surface area contributed by atoms with Crippen molar-refractivity contribution in [3.05, 3.63) is 42.3 Å². The molecule has 0 bridgehead atoms. The Morgan fingerprint density at radius 2 is 2.30 bits per heavy atom. The van der Waals surface area contributed by atoms with Crippen LogP contribution in [-0.4, -0.2) is 29.1 Å². The van der Waals surface area contributed by atoms with Crippen molar-refractivity contribution in [1.82, 2.24) is 10.3 Å². The van der Waals surface area contributed by atoms with Crippen LogP contribution in [0.25, 0.3) is 6.08 Å². The Labute approximate surface area is 118 Å². The molecule has 0 radical (unpaired) electrons. The van der Waals surface area contributed by atoms with Gasteiger partial charge in [-0.15, -0.1) is 0 Å². The van der Waals surface area contributed by atoms with Gasteiger partial charge in [0.05, 0.1) is 0 Å². The zero-order valence-corrected chi connectivity index (χ0v) is 11.8. The van der Waals surface area contributed by atoms with E-state index in [1.165, 1.54) is 0 Å². The molecule has 0 unspecified atom stereocenters. The normalized spacial score (nSPS) is 19.3. The lowest BCUT2D eigenvalue weighted by Gasteiger charge is -2.11. The molecule has 0 atom stereocenters. The summed E-state index contributed by atoms with van der Waals surface area (Å²) in [4.78, 5) is 18.9. The summed E-state index contributed by atoms with van der Waals surface area (Å²) in [6, 6.07) is 2.36. The van der Waals surface area contributed by atoms with E-state index < -0.39 is 5.60 Å². The lowest BCUT2D eigenvalue weighted by Crippen LogP contribution is -2.32. The summed E-state index contributed by atoms with van der Waals surface area (Å²) in [5.41, 5.74) is 1.36. The molecular formula is C15H19N3O2. The molecule has 0 saturated carbocycles. The van der Waals surface area contributed by atoms with E-state index >= 15 is 0 Å². The minimum absolute atomic E-state index is 0.158. The maximum Gasteiger partial charge on any atom is 0.292 e. The molecule has 2 heterocycles. The Hall–Kier alpha value is -2.30. The molecule has 1 aromatic rings. The fraction of sp³-hybridized carbons (Fsp3) is 0.333. The number of aromatic nitrogens is 1. The minimum Gasteiger partial charge on any atom is -0.449 e. The van der Waals surface area contributed by atoms with Crippen LogP contribution in [-0.2, 0) is 16.0 Å². The third kappa shape index (κ3) is 3.38. The lowest BCUT2D eigenvalue weighted by atomic mass is 10.1. The lowest BCUT2D eigenvalue weighted by molar-refractivity contribution is -0.128. The number of allylic oxidation sites excluding steroid dienone is 2. The summed E-state index contributed by atoms with van der Waals surface area (Å²) in [7, 11) is 0. The molecule has 1 saturated heterocycles. The van der Waals surface area contributed by atoms with E-state index in [4.69, 9.17) is 4.74 Å². The van der Waals surface area contributed by atoms with Gasteiger partial charge >= 0.3 is 0 Å². The number of carbonyl (C=O) groups is 1. The third-order valence-corrected chi connectivity index (χ3v) is 2.95. The maximum absolute atomic E-state index is 11.5. The van der Waals surface area contributed by atoms with Crippen molar-refractivity contribution in [3.8, 4) is 0 Å². The van der Waals surface area contributed by atoms with E-state index in [1.807, 2.05) is 18.3 Å². The van der Waals surface area contributed by atoms with E-state index in [0.29, 0.717) is 12.6 Å². The highest BCUT2D eigenvalue weighted by Crippen LogP contribution is 2.15.